The Morgan fingerprint density at radius 3 is 2.86 bits per heavy atom. The number of amides is 1. The van der Waals surface area contributed by atoms with Crippen molar-refractivity contribution in [2.75, 3.05) is 26.2 Å². The van der Waals surface area contributed by atoms with E-state index < -0.39 is 0 Å². The van der Waals surface area contributed by atoms with E-state index in [0.29, 0.717) is 19.7 Å². The fourth-order valence-electron chi connectivity index (χ4n) is 0.796. The highest BCUT2D eigenvalue weighted by Gasteiger charge is 1.98. The van der Waals surface area contributed by atoms with E-state index in [9.17, 15) is 4.79 Å². The molecule has 14 heavy (non-hydrogen) atoms. The fourth-order valence-corrected chi connectivity index (χ4v) is 0.796. The van der Waals surface area contributed by atoms with Gasteiger partial charge >= 0.3 is 0 Å². The van der Waals surface area contributed by atoms with Crippen LogP contribution >= 0.6 is 0 Å². The summed E-state index contributed by atoms with van der Waals surface area (Å²) in [5, 5.41) is 5.50. The van der Waals surface area contributed by atoms with E-state index in [1.165, 1.54) is 0 Å². The Morgan fingerprint density at radius 1 is 1.57 bits per heavy atom. The Labute approximate surface area is 85.4 Å². The van der Waals surface area contributed by atoms with Crippen LogP contribution in [0.5, 0.6) is 0 Å². The highest BCUT2D eigenvalue weighted by Crippen LogP contribution is 1.84. The van der Waals surface area contributed by atoms with E-state index in [0.717, 1.165) is 0 Å². The molecule has 0 heterocycles. The maximum Gasteiger partial charge on any atom is 0.234 e. The second-order valence-electron chi connectivity index (χ2n) is 3.08. The molecular formula is C10H18N2O2. The maximum absolute atomic E-state index is 11.1. The Kier molecular flexibility index (Phi) is 7.90. The van der Waals surface area contributed by atoms with Crippen LogP contribution in [0.1, 0.15) is 13.8 Å². The molecule has 0 aliphatic rings. The zero-order chi connectivity index (χ0) is 10.8. The van der Waals surface area contributed by atoms with Crippen LogP contribution in [-0.4, -0.2) is 38.3 Å². The van der Waals surface area contributed by atoms with Crippen LogP contribution < -0.4 is 10.6 Å². The lowest BCUT2D eigenvalue weighted by Gasteiger charge is -2.08. The summed E-state index contributed by atoms with van der Waals surface area (Å²) in [6, 6.07) is 0. The van der Waals surface area contributed by atoms with Crippen molar-refractivity contribution >= 4 is 5.91 Å². The first-order valence-corrected chi connectivity index (χ1v) is 4.69. The van der Waals surface area contributed by atoms with Gasteiger partial charge < -0.3 is 10.1 Å². The first-order chi connectivity index (χ1) is 6.66. The number of rotatable bonds is 7. The van der Waals surface area contributed by atoms with Crippen LogP contribution in [0.2, 0.25) is 0 Å². The molecule has 0 spiro atoms. The summed E-state index contributed by atoms with van der Waals surface area (Å²) >= 11 is 0. The molecule has 0 aromatic heterocycles. The van der Waals surface area contributed by atoms with Gasteiger partial charge in [0.15, 0.2) is 0 Å². The molecule has 80 valence electrons. The molecule has 0 aliphatic carbocycles. The quantitative estimate of drug-likeness (QED) is 0.438. The molecule has 4 heteroatoms. The third-order valence-electron chi connectivity index (χ3n) is 1.39. The molecule has 0 bridgehead atoms. The smallest absolute Gasteiger partial charge is 0.234 e. The van der Waals surface area contributed by atoms with Crippen molar-refractivity contribution in [1.29, 1.82) is 0 Å². The van der Waals surface area contributed by atoms with Gasteiger partial charge in [0, 0.05) is 6.54 Å². The van der Waals surface area contributed by atoms with Crippen LogP contribution in [0.15, 0.2) is 0 Å². The number of nitrogens with one attached hydrogen (secondary N) is 2. The minimum Gasteiger partial charge on any atom is -0.377 e. The lowest BCUT2D eigenvalue weighted by molar-refractivity contribution is -0.120. The molecule has 0 rings (SSSR count). The molecule has 0 fully saturated rings. The second kappa shape index (κ2) is 8.54. The number of terminal acetylenes is 1. The van der Waals surface area contributed by atoms with Crippen LogP contribution in [0.25, 0.3) is 0 Å². The molecule has 1 amide bonds. The van der Waals surface area contributed by atoms with Gasteiger partial charge in [0.05, 0.1) is 25.8 Å². The Bertz CT molecular complexity index is 197. The molecule has 0 aromatic rings. The predicted octanol–water partition coefficient (Wildman–Crippen LogP) is -0.250. The summed E-state index contributed by atoms with van der Waals surface area (Å²) < 4.78 is 5.25. The summed E-state index contributed by atoms with van der Waals surface area (Å²) in [6.07, 6.45) is 5.21. The molecule has 0 unspecified atom stereocenters. The largest absolute Gasteiger partial charge is 0.377 e. The second-order valence-corrected chi connectivity index (χ2v) is 3.08. The summed E-state index contributed by atoms with van der Waals surface area (Å²) in [5.41, 5.74) is 0. The Hall–Kier alpha value is -1.05. The predicted molar refractivity (Wildman–Crippen MR) is 55.8 cm³/mol. The molecule has 0 aliphatic heterocycles. The van der Waals surface area contributed by atoms with Crippen molar-refractivity contribution in [2.24, 2.45) is 0 Å². The van der Waals surface area contributed by atoms with Crippen molar-refractivity contribution < 1.29 is 9.53 Å². The first kappa shape index (κ1) is 12.9. The van der Waals surface area contributed by atoms with E-state index in [-0.39, 0.29) is 18.6 Å². The van der Waals surface area contributed by atoms with Crippen molar-refractivity contribution in [2.45, 2.75) is 20.0 Å². The topological polar surface area (TPSA) is 50.4 Å². The zero-order valence-corrected chi connectivity index (χ0v) is 8.80. The van der Waals surface area contributed by atoms with Crippen LogP contribution in [0, 0.1) is 12.3 Å². The fraction of sp³-hybridized carbons (Fsp3) is 0.700. The molecule has 0 saturated carbocycles. The van der Waals surface area contributed by atoms with Gasteiger partial charge in [0.25, 0.3) is 0 Å². The van der Waals surface area contributed by atoms with Crippen LogP contribution in [-0.2, 0) is 9.53 Å². The summed E-state index contributed by atoms with van der Waals surface area (Å²) in [5.74, 6) is 2.33. The monoisotopic (exact) mass is 198 g/mol. The van der Waals surface area contributed by atoms with Crippen molar-refractivity contribution in [3.63, 3.8) is 0 Å². The van der Waals surface area contributed by atoms with E-state index in [1.54, 1.807) is 0 Å². The van der Waals surface area contributed by atoms with Gasteiger partial charge in [-0.15, -0.1) is 6.42 Å². The van der Waals surface area contributed by atoms with Gasteiger partial charge in [-0.1, -0.05) is 5.92 Å². The third kappa shape index (κ3) is 9.04. The lowest BCUT2D eigenvalue weighted by atomic mass is 10.5. The van der Waals surface area contributed by atoms with E-state index >= 15 is 0 Å². The number of hydrogen-bond donors (Lipinski definition) is 2. The van der Waals surface area contributed by atoms with Gasteiger partial charge in [0.1, 0.15) is 0 Å². The van der Waals surface area contributed by atoms with Gasteiger partial charge in [0.2, 0.25) is 5.91 Å². The van der Waals surface area contributed by atoms with Gasteiger partial charge in [-0.3, -0.25) is 10.1 Å². The number of hydrogen-bond acceptors (Lipinski definition) is 3. The van der Waals surface area contributed by atoms with E-state index in [2.05, 4.69) is 16.6 Å². The van der Waals surface area contributed by atoms with Gasteiger partial charge in [-0.25, -0.2) is 0 Å². The number of ether oxygens (including phenoxy) is 1. The molecule has 0 aromatic carbocycles. The minimum absolute atomic E-state index is 0.0624. The highest BCUT2D eigenvalue weighted by atomic mass is 16.5. The molecule has 0 saturated heterocycles. The van der Waals surface area contributed by atoms with Crippen molar-refractivity contribution in [3.8, 4) is 12.3 Å². The Balaban J connectivity index is 3.23. The molecule has 0 atom stereocenters. The average molecular weight is 198 g/mol. The van der Waals surface area contributed by atoms with E-state index in [4.69, 9.17) is 11.2 Å². The summed E-state index contributed by atoms with van der Waals surface area (Å²) in [7, 11) is 0. The lowest BCUT2D eigenvalue weighted by Crippen LogP contribution is -2.36. The number of carbonyl (C=O) groups is 1. The average Bonchev–Trinajstić information content (AvgIpc) is 2.13. The Morgan fingerprint density at radius 2 is 2.29 bits per heavy atom. The zero-order valence-electron chi connectivity index (χ0n) is 8.80. The van der Waals surface area contributed by atoms with Crippen molar-refractivity contribution in [3.05, 3.63) is 0 Å². The van der Waals surface area contributed by atoms with Crippen LogP contribution in [0.4, 0.5) is 0 Å². The van der Waals surface area contributed by atoms with Gasteiger partial charge in [-0.2, -0.15) is 0 Å². The molecule has 0 radical (unpaired) electrons. The standard InChI is InChI=1S/C10H18N2O2/c1-4-5-11-8-10(13)12-6-7-14-9(2)3/h1,9,11H,5-8H2,2-3H3,(H,12,13). The highest BCUT2D eigenvalue weighted by molar-refractivity contribution is 5.77. The van der Waals surface area contributed by atoms with Gasteiger partial charge in [-0.05, 0) is 13.8 Å². The summed E-state index contributed by atoms with van der Waals surface area (Å²) in [6.45, 7) is 5.65. The minimum atomic E-state index is -0.0624. The molecule has 4 nitrogen and oxygen atoms in total. The summed E-state index contributed by atoms with van der Waals surface area (Å²) in [4.78, 5) is 11.1. The van der Waals surface area contributed by atoms with Crippen molar-refractivity contribution in [1.82, 2.24) is 10.6 Å². The molecule has 2 N–H and O–H groups in total. The maximum atomic E-state index is 11.1. The normalized spacial score (nSPS) is 9.86. The molecular weight excluding hydrogens is 180 g/mol. The third-order valence-corrected chi connectivity index (χ3v) is 1.39. The SMILES string of the molecule is C#CCNCC(=O)NCCOC(C)C. The number of carbonyl (C=O) groups excluding carboxylic acids is 1. The van der Waals surface area contributed by atoms with Crippen LogP contribution in [0.3, 0.4) is 0 Å². The van der Waals surface area contributed by atoms with E-state index in [1.807, 2.05) is 13.8 Å². The first-order valence-electron chi connectivity index (χ1n) is 4.69.